The summed E-state index contributed by atoms with van der Waals surface area (Å²) in [5.74, 6) is -0.325. The fourth-order valence-corrected chi connectivity index (χ4v) is 4.48. The van der Waals surface area contributed by atoms with Crippen molar-refractivity contribution in [2.45, 2.75) is 11.3 Å². The van der Waals surface area contributed by atoms with Crippen LogP contribution in [0.25, 0.3) is 0 Å². The second-order valence-corrected chi connectivity index (χ2v) is 8.96. The highest BCUT2D eigenvalue weighted by Gasteiger charge is 2.35. The quantitative estimate of drug-likeness (QED) is 0.595. The van der Waals surface area contributed by atoms with E-state index in [1.54, 1.807) is 48.4 Å². The van der Waals surface area contributed by atoms with E-state index in [0.717, 1.165) is 0 Å². The van der Waals surface area contributed by atoms with Gasteiger partial charge in [-0.05, 0) is 30.3 Å². The van der Waals surface area contributed by atoms with Crippen LogP contribution in [-0.2, 0) is 19.6 Å². The molecular formula is C20H22ClN3O5S. The Labute approximate surface area is 180 Å². The minimum absolute atomic E-state index is 0.0147. The topological polar surface area (TPSA) is 105 Å². The maximum absolute atomic E-state index is 12.4. The molecule has 0 saturated carbocycles. The number of hydrogen-bond acceptors (Lipinski definition) is 5. The van der Waals surface area contributed by atoms with Gasteiger partial charge in [0.05, 0.1) is 17.9 Å². The molecule has 160 valence electrons. The number of hydrogen-bond donors (Lipinski definition) is 2. The molecule has 1 unspecified atom stereocenters. The smallest absolute Gasteiger partial charge is 0.240 e. The molecule has 1 aliphatic rings. The summed E-state index contributed by atoms with van der Waals surface area (Å²) in [4.78, 5) is 26.4. The number of ether oxygens (including phenoxy) is 1. The zero-order valence-corrected chi connectivity index (χ0v) is 17.9. The van der Waals surface area contributed by atoms with Crippen LogP contribution in [0.5, 0.6) is 5.75 Å². The lowest BCUT2D eigenvalue weighted by Gasteiger charge is -2.17. The first-order valence-electron chi connectivity index (χ1n) is 9.27. The maximum Gasteiger partial charge on any atom is 0.240 e. The third-order valence-corrected chi connectivity index (χ3v) is 6.38. The summed E-state index contributed by atoms with van der Waals surface area (Å²) in [6.45, 7) is 0.370. The first-order chi connectivity index (χ1) is 14.3. The van der Waals surface area contributed by atoms with Gasteiger partial charge in [-0.2, -0.15) is 0 Å². The summed E-state index contributed by atoms with van der Waals surface area (Å²) in [5, 5.41) is 3.00. The monoisotopic (exact) mass is 451 g/mol. The molecule has 1 atom stereocenters. The van der Waals surface area contributed by atoms with Gasteiger partial charge in [-0.15, -0.1) is 0 Å². The number of sulfonamides is 1. The van der Waals surface area contributed by atoms with Crippen LogP contribution in [0.1, 0.15) is 6.42 Å². The van der Waals surface area contributed by atoms with Gasteiger partial charge in [-0.25, -0.2) is 13.1 Å². The molecule has 30 heavy (non-hydrogen) atoms. The van der Waals surface area contributed by atoms with Crippen molar-refractivity contribution >= 4 is 39.1 Å². The summed E-state index contributed by atoms with van der Waals surface area (Å²) in [6, 6.07) is 13.0. The number of nitrogens with one attached hydrogen (secondary N) is 2. The molecule has 8 nitrogen and oxygen atoms in total. The van der Waals surface area contributed by atoms with Crippen molar-refractivity contribution in [2.24, 2.45) is 5.92 Å². The van der Waals surface area contributed by atoms with Gasteiger partial charge >= 0.3 is 0 Å². The second kappa shape index (κ2) is 9.46. The number of halogens is 1. The molecule has 1 saturated heterocycles. The number of rotatable bonds is 8. The molecule has 0 aliphatic carbocycles. The summed E-state index contributed by atoms with van der Waals surface area (Å²) in [7, 11) is -2.18. The van der Waals surface area contributed by atoms with Gasteiger partial charge in [-0.1, -0.05) is 23.7 Å². The first-order valence-corrected chi connectivity index (χ1v) is 11.1. The van der Waals surface area contributed by atoms with Crippen molar-refractivity contribution in [3.63, 3.8) is 0 Å². The van der Waals surface area contributed by atoms with Crippen LogP contribution in [0.3, 0.4) is 0 Å². The SMILES string of the molecule is COc1cccc(N2CC(C(=O)NCCNS(=O)(=O)c3cccc(Cl)c3)CC2=O)c1. The minimum Gasteiger partial charge on any atom is -0.497 e. The highest BCUT2D eigenvalue weighted by atomic mass is 35.5. The van der Waals surface area contributed by atoms with E-state index in [0.29, 0.717) is 16.5 Å². The van der Waals surface area contributed by atoms with Crippen LogP contribution in [0.15, 0.2) is 53.4 Å². The van der Waals surface area contributed by atoms with Gasteiger partial charge in [0.2, 0.25) is 21.8 Å². The molecule has 0 spiro atoms. The van der Waals surface area contributed by atoms with Gasteiger partial charge in [-0.3, -0.25) is 9.59 Å². The lowest BCUT2D eigenvalue weighted by Crippen LogP contribution is -2.38. The number of benzene rings is 2. The number of anilines is 1. The molecule has 2 aromatic rings. The van der Waals surface area contributed by atoms with E-state index in [2.05, 4.69) is 10.0 Å². The largest absolute Gasteiger partial charge is 0.497 e. The molecule has 10 heteroatoms. The standard InChI is InChI=1S/C20H22ClN3O5S/c1-29-17-6-3-5-16(12-17)24-13-14(10-19(24)25)20(26)22-8-9-23-30(27,28)18-7-2-4-15(21)11-18/h2-7,11-12,14,23H,8-10,13H2,1H3,(H,22,26). The predicted octanol–water partition coefficient (Wildman–Crippen LogP) is 1.80. The van der Waals surface area contributed by atoms with E-state index in [-0.39, 0.29) is 42.8 Å². The van der Waals surface area contributed by atoms with E-state index in [9.17, 15) is 18.0 Å². The van der Waals surface area contributed by atoms with Crippen LogP contribution in [0, 0.1) is 5.92 Å². The van der Waals surface area contributed by atoms with Crippen molar-refractivity contribution in [2.75, 3.05) is 31.6 Å². The third kappa shape index (κ3) is 5.29. The predicted molar refractivity (Wildman–Crippen MR) is 113 cm³/mol. The lowest BCUT2D eigenvalue weighted by atomic mass is 10.1. The second-order valence-electron chi connectivity index (χ2n) is 6.75. The molecule has 1 aliphatic heterocycles. The van der Waals surface area contributed by atoms with Crippen LogP contribution >= 0.6 is 11.6 Å². The van der Waals surface area contributed by atoms with E-state index < -0.39 is 15.9 Å². The highest BCUT2D eigenvalue weighted by molar-refractivity contribution is 7.89. The van der Waals surface area contributed by atoms with Crippen molar-refractivity contribution < 1.29 is 22.7 Å². The lowest BCUT2D eigenvalue weighted by molar-refractivity contribution is -0.126. The third-order valence-electron chi connectivity index (χ3n) is 4.68. The van der Waals surface area contributed by atoms with E-state index >= 15 is 0 Å². The Kier molecular flexibility index (Phi) is 6.96. The van der Waals surface area contributed by atoms with Crippen molar-refractivity contribution in [1.29, 1.82) is 0 Å². The molecular weight excluding hydrogens is 430 g/mol. The average Bonchev–Trinajstić information content (AvgIpc) is 3.13. The molecule has 0 radical (unpaired) electrons. The molecule has 1 fully saturated rings. The number of nitrogens with zero attached hydrogens (tertiary/aromatic N) is 1. The molecule has 1 heterocycles. The fraction of sp³-hybridized carbons (Fsp3) is 0.300. The highest BCUT2D eigenvalue weighted by Crippen LogP contribution is 2.27. The summed E-state index contributed by atoms with van der Waals surface area (Å²) in [5.41, 5.74) is 0.670. The molecule has 2 amide bonds. The van der Waals surface area contributed by atoms with Crippen molar-refractivity contribution in [1.82, 2.24) is 10.0 Å². The summed E-state index contributed by atoms with van der Waals surface area (Å²) >= 11 is 5.82. The maximum atomic E-state index is 12.4. The number of methoxy groups -OCH3 is 1. The molecule has 3 rings (SSSR count). The Balaban J connectivity index is 1.50. The van der Waals surface area contributed by atoms with E-state index in [1.165, 1.54) is 12.1 Å². The normalized spacial score (nSPS) is 16.5. The number of carbonyl (C=O) groups is 2. The molecule has 2 aromatic carbocycles. The Bertz CT molecular complexity index is 1040. The first kappa shape index (κ1) is 22.1. The summed E-state index contributed by atoms with van der Waals surface area (Å²) in [6.07, 6.45) is 0.0945. The van der Waals surface area contributed by atoms with E-state index in [4.69, 9.17) is 16.3 Å². The van der Waals surface area contributed by atoms with Crippen molar-refractivity contribution in [3.05, 3.63) is 53.6 Å². The fourth-order valence-electron chi connectivity index (χ4n) is 3.14. The van der Waals surface area contributed by atoms with Crippen LogP contribution in [0.2, 0.25) is 5.02 Å². The van der Waals surface area contributed by atoms with Gasteiger partial charge in [0, 0.05) is 42.8 Å². The van der Waals surface area contributed by atoms with Crippen LogP contribution in [-0.4, -0.2) is 47.0 Å². The van der Waals surface area contributed by atoms with Crippen LogP contribution in [0.4, 0.5) is 5.69 Å². The zero-order chi connectivity index (χ0) is 21.7. The summed E-state index contributed by atoms with van der Waals surface area (Å²) < 4.78 is 32.1. The van der Waals surface area contributed by atoms with Gasteiger partial charge in [0.25, 0.3) is 0 Å². The molecule has 0 aromatic heterocycles. The van der Waals surface area contributed by atoms with Gasteiger partial charge < -0.3 is 15.0 Å². The van der Waals surface area contributed by atoms with E-state index in [1.807, 2.05) is 0 Å². The molecule has 2 N–H and O–H groups in total. The average molecular weight is 452 g/mol. The van der Waals surface area contributed by atoms with Gasteiger partial charge in [0.15, 0.2) is 0 Å². The van der Waals surface area contributed by atoms with Crippen LogP contribution < -0.4 is 19.7 Å². The Morgan fingerprint density at radius 1 is 1.20 bits per heavy atom. The minimum atomic E-state index is -3.72. The Hall–Kier alpha value is -2.62. The Morgan fingerprint density at radius 2 is 1.97 bits per heavy atom. The zero-order valence-electron chi connectivity index (χ0n) is 16.3. The Morgan fingerprint density at radius 3 is 2.70 bits per heavy atom. The molecule has 0 bridgehead atoms. The number of amides is 2. The van der Waals surface area contributed by atoms with Gasteiger partial charge in [0.1, 0.15) is 5.75 Å². The van der Waals surface area contributed by atoms with Crippen molar-refractivity contribution in [3.8, 4) is 5.75 Å². The number of carbonyl (C=O) groups excluding carboxylic acids is 2.